The average molecular weight is 741 g/mol. The molecule has 11 heteroatoms. The molecular weight excluding hydrogens is 697 g/mol. The fourth-order valence-electron chi connectivity index (χ4n) is 6.92. The van der Waals surface area contributed by atoms with E-state index in [4.69, 9.17) is 0 Å². The second-order valence-electron chi connectivity index (χ2n) is 12.6. The first-order chi connectivity index (χ1) is 25.0. The molecule has 0 saturated carbocycles. The van der Waals surface area contributed by atoms with Crippen LogP contribution in [0.25, 0.3) is 0 Å². The van der Waals surface area contributed by atoms with Gasteiger partial charge in [-0.25, -0.2) is 0 Å². The van der Waals surface area contributed by atoms with Gasteiger partial charge in [-0.1, -0.05) is 74.5 Å². The standard InChI is InChI=1S/2C21H22N2O3.Ca/c2*1-4-14-10-9-13-16-17(14)19(24)18(20(25)22(16)3)21(26)23(5-2)15-11-7-6-8-12-15;/h2*6-13,18H,4-5H2,1-3H3;/q;;+2. The number of hydrogen-bond acceptors (Lipinski definition) is 6. The van der Waals surface area contributed by atoms with Gasteiger partial charge in [0.05, 0.1) is 11.4 Å². The summed E-state index contributed by atoms with van der Waals surface area (Å²) in [5, 5.41) is 0. The van der Waals surface area contributed by atoms with Crippen LogP contribution in [0.15, 0.2) is 97.1 Å². The number of rotatable bonds is 8. The maximum absolute atomic E-state index is 13.2. The van der Waals surface area contributed by atoms with Crippen molar-refractivity contribution in [3.63, 3.8) is 0 Å². The van der Waals surface area contributed by atoms with Gasteiger partial charge in [-0.05, 0) is 74.2 Å². The minimum absolute atomic E-state index is 0. The Bertz CT molecular complexity index is 1870. The van der Waals surface area contributed by atoms with Gasteiger partial charge < -0.3 is 19.6 Å². The van der Waals surface area contributed by atoms with Crippen LogP contribution in [0.2, 0.25) is 0 Å². The zero-order chi connectivity index (χ0) is 37.7. The minimum Gasteiger partial charge on any atom is -0.314 e. The molecule has 2 atom stereocenters. The van der Waals surface area contributed by atoms with Crippen LogP contribution in [0.1, 0.15) is 59.5 Å². The summed E-state index contributed by atoms with van der Waals surface area (Å²) < 4.78 is 0. The Balaban J connectivity index is 0.000000232. The molecule has 0 radical (unpaired) electrons. The molecule has 0 fully saturated rings. The van der Waals surface area contributed by atoms with Crippen LogP contribution >= 0.6 is 0 Å². The molecule has 4 amide bonds. The van der Waals surface area contributed by atoms with E-state index in [-0.39, 0.29) is 37.7 Å². The zero-order valence-corrected chi connectivity index (χ0v) is 33.4. The van der Waals surface area contributed by atoms with E-state index in [2.05, 4.69) is 0 Å². The topological polar surface area (TPSA) is 115 Å². The first kappa shape index (κ1) is 41.1. The van der Waals surface area contributed by atoms with Crippen LogP contribution in [0.5, 0.6) is 0 Å². The molecule has 6 rings (SSSR count). The third kappa shape index (κ3) is 7.86. The van der Waals surface area contributed by atoms with Crippen molar-refractivity contribution in [2.75, 3.05) is 46.8 Å². The van der Waals surface area contributed by atoms with Gasteiger partial charge in [0.2, 0.25) is 23.6 Å². The van der Waals surface area contributed by atoms with E-state index in [1.807, 2.05) is 88.4 Å². The van der Waals surface area contributed by atoms with Crippen LogP contribution in [0.3, 0.4) is 0 Å². The van der Waals surface area contributed by atoms with Crippen molar-refractivity contribution < 1.29 is 28.8 Å². The molecule has 0 spiro atoms. The molecule has 2 aliphatic heterocycles. The predicted molar refractivity (Wildman–Crippen MR) is 209 cm³/mol. The Labute approximate surface area is 340 Å². The summed E-state index contributed by atoms with van der Waals surface area (Å²) in [7, 11) is 3.23. The molecular formula is C42H44CaN4O6+2. The van der Waals surface area contributed by atoms with E-state index >= 15 is 0 Å². The number of para-hydroxylation sites is 2. The van der Waals surface area contributed by atoms with Crippen molar-refractivity contribution in [3.05, 3.63) is 119 Å². The number of benzene rings is 4. The van der Waals surface area contributed by atoms with Crippen molar-refractivity contribution in [2.24, 2.45) is 11.8 Å². The maximum Gasteiger partial charge on any atom is 2.00 e. The third-order valence-corrected chi connectivity index (χ3v) is 9.71. The van der Waals surface area contributed by atoms with E-state index < -0.39 is 47.0 Å². The second kappa shape index (κ2) is 17.9. The van der Waals surface area contributed by atoms with Crippen LogP contribution in [0, 0.1) is 11.8 Å². The van der Waals surface area contributed by atoms with Crippen molar-refractivity contribution in [1.29, 1.82) is 0 Å². The normalized spacial score (nSPS) is 16.1. The summed E-state index contributed by atoms with van der Waals surface area (Å²) in [6.07, 6.45) is 1.32. The Morgan fingerprint density at radius 1 is 0.528 bits per heavy atom. The van der Waals surface area contributed by atoms with E-state index in [9.17, 15) is 28.8 Å². The fourth-order valence-corrected chi connectivity index (χ4v) is 6.92. The third-order valence-electron chi connectivity index (χ3n) is 9.71. The number of Topliss-reactive ketones (excluding diaryl/α,β-unsaturated/α-hetero) is 2. The predicted octanol–water partition coefficient (Wildman–Crippen LogP) is 5.77. The first-order valence-corrected chi connectivity index (χ1v) is 17.6. The van der Waals surface area contributed by atoms with E-state index in [1.54, 1.807) is 50.5 Å². The molecule has 2 unspecified atom stereocenters. The summed E-state index contributed by atoms with van der Waals surface area (Å²) >= 11 is 0. The molecule has 268 valence electrons. The summed E-state index contributed by atoms with van der Waals surface area (Å²) in [4.78, 5) is 84.2. The van der Waals surface area contributed by atoms with Gasteiger partial charge in [-0.15, -0.1) is 0 Å². The number of amides is 4. The van der Waals surface area contributed by atoms with Crippen molar-refractivity contribution in [2.45, 2.75) is 40.5 Å². The molecule has 10 nitrogen and oxygen atoms in total. The van der Waals surface area contributed by atoms with Crippen LogP contribution < -0.4 is 19.6 Å². The molecule has 0 aromatic heterocycles. The van der Waals surface area contributed by atoms with Crippen molar-refractivity contribution in [1.82, 2.24) is 0 Å². The number of anilines is 4. The number of nitrogens with zero attached hydrogens (tertiary/aromatic N) is 4. The minimum atomic E-state index is -1.33. The van der Waals surface area contributed by atoms with E-state index in [0.717, 1.165) is 11.1 Å². The molecule has 0 bridgehead atoms. The molecule has 53 heavy (non-hydrogen) atoms. The summed E-state index contributed by atoms with van der Waals surface area (Å²) in [5.41, 5.74) is 5.19. The molecule has 4 aromatic rings. The van der Waals surface area contributed by atoms with Gasteiger partial charge in [-0.3, -0.25) is 28.8 Å². The maximum atomic E-state index is 13.2. The summed E-state index contributed by atoms with van der Waals surface area (Å²) in [6, 6.07) is 29.1. The second-order valence-corrected chi connectivity index (χ2v) is 12.6. The van der Waals surface area contributed by atoms with Gasteiger partial charge in [0, 0.05) is 49.7 Å². The number of aryl methyl sites for hydroxylation is 2. The van der Waals surface area contributed by atoms with Crippen LogP contribution in [-0.2, 0) is 32.0 Å². The Morgan fingerprint density at radius 3 is 1.17 bits per heavy atom. The van der Waals surface area contributed by atoms with E-state index in [0.29, 0.717) is 59.8 Å². The number of carbonyl (C=O) groups is 6. The molecule has 4 aromatic carbocycles. The monoisotopic (exact) mass is 740 g/mol. The first-order valence-electron chi connectivity index (χ1n) is 17.6. The Hall–Kier alpha value is -4.64. The quantitative estimate of drug-likeness (QED) is 0.167. The largest absolute Gasteiger partial charge is 2.00 e. The van der Waals surface area contributed by atoms with E-state index in [1.165, 1.54) is 19.6 Å². The van der Waals surface area contributed by atoms with Crippen LogP contribution in [0.4, 0.5) is 22.7 Å². The van der Waals surface area contributed by atoms with Gasteiger partial charge in [0.15, 0.2) is 23.4 Å². The summed E-state index contributed by atoms with van der Waals surface area (Å²) in [6.45, 7) is 8.34. The van der Waals surface area contributed by atoms with Gasteiger partial charge in [0.25, 0.3) is 0 Å². The molecule has 2 heterocycles. The van der Waals surface area contributed by atoms with Gasteiger partial charge in [0.1, 0.15) is 0 Å². The Morgan fingerprint density at radius 2 is 0.868 bits per heavy atom. The number of carbonyl (C=O) groups excluding carboxylic acids is 6. The number of fused-ring (bicyclic) bond motifs is 2. The average Bonchev–Trinajstić information content (AvgIpc) is 3.17. The Kier molecular flexibility index (Phi) is 13.9. The number of ketones is 2. The molecule has 0 N–H and O–H groups in total. The summed E-state index contributed by atoms with van der Waals surface area (Å²) in [5.74, 6) is -5.37. The molecule has 2 aliphatic rings. The van der Waals surface area contributed by atoms with Crippen LogP contribution in [-0.4, -0.2) is 100 Å². The molecule has 0 saturated heterocycles. The molecule has 0 aliphatic carbocycles. The van der Waals surface area contributed by atoms with Gasteiger partial charge >= 0.3 is 37.7 Å². The van der Waals surface area contributed by atoms with Crippen molar-refractivity contribution in [3.8, 4) is 0 Å². The smallest absolute Gasteiger partial charge is 0.314 e. The fraction of sp³-hybridized carbons (Fsp3) is 0.286. The SMILES string of the molecule is CCc1cccc2c1C(=O)C(C(=O)N(CC)c1ccccc1)C(=O)N2C.CCc1cccc2c1C(=O)C(C(=O)N(CC)c1ccccc1)C(=O)N2C.[Ca+2]. The van der Waals surface area contributed by atoms with Gasteiger partial charge in [-0.2, -0.15) is 0 Å². The van der Waals surface area contributed by atoms with Crippen molar-refractivity contribution >= 4 is 95.7 Å². The number of hydrogen-bond donors (Lipinski definition) is 0. The zero-order valence-electron chi connectivity index (χ0n) is 31.2.